The van der Waals surface area contributed by atoms with Crippen LogP contribution in [-0.2, 0) is 0 Å². The van der Waals surface area contributed by atoms with Crippen LogP contribution < -0.4 is 0 Å². The molecule has 3 aromatic carbocycles. The van der Waals surface area contributed by atoms with Crippen molar-refractivity contribution in [2.45, 2.75) is 0 Å². The van der Waals surface area contributed by atoms with Crippen LogP contribution in [0.2, 0.25) is 0 Å². The van der Waals surface area contributed by atoms with Crippen molar-refractivity contribution in [2.75, 3.05) is 0 Å². The van der Waals surface area contributed by atoms with Gasteiger partial charge in [0.1, 0.15) is 17.3 Å². The average molecular weight is 302 g/mol. The summed E-state index contributed by atoms with van der Waals surface area (Å²) in [4.78, 5) is 4.65. The van der Waals surface area contributed by atoms with Gasteiger partial charge >= 0.3 is 0 Å². The maximum Gasteiger partial charge on any atom is 0.149 e. The predicted octanol–water partition coefficient (Wildman–Crippen LogP) is 4.10. The second-order valence-electron chi connectivity index (χ2n) is 5.27. The molecule has 0 saturated carbocycles. The monoisotopic (exact) mass is 302 g/mol. The Morgan fingerprint density at radius 2 is 1.35 bits per heavy atom. The Morgan fingerprint density at radius 1 is 0.696 bits per heavy atom. The zero-order valence-corrected chi connectivity index (χ0v) is 12.2. The van der Waals surface area contributed by atoms with Gasteiger partial charge in [-0.2, -0.15) is 0 Å². The minimum atomic E-state index is 0.152. The fourth-order valence-corrected chi connectivity index (χ4v) is 2.77. The Morgan fingerprint density at radius 3 is 2.13 bits per heavy atom. The van der Waals surface area contributed by atoms with E-state index >= 15 is 0 Å². The molecular weight excluding hydrogens is 288 g/mol. The van der Waals surface area contributed by atoms with Gasteiger partial charge in [0.05, 0.1) is 22.3 Å². The number of imidazole rings is 1. The summed E-state index contributed by atoms with van der Waals surface area (Å²) in [6, 6.07) is 21.9. The quantitative estimate of drug-likeness (QED) is 0.586. The molecule has 23 heavy (non-hydrogen) atoms. The van der Waals surface area contributed by atoms with Crippen LogP contribution in [-0.4, -0.2) is 19.8 Å². The topological polar surface area (TPSA) is 58.3 Å². The summed E-state index contributed by atoms with van der Waals surface area (Å²) in [5.41, 5.74) is 2.91. The van der Waals surface area contributed by atoms with Gasteiger partial charge in [-0.1, -0.05) is 36.4 Å². The molecule has 1 heterocycles. The molecule has 0 bridgehead atoms. The van der Waals surface area contributed by atoms with E-state index in [1.807, 2.05) is 53.1 Å². The van der Waals surface area contributed by atoms with Crippen LogP contribution in [0.25, 0.3) is 28.1 Å². The molecule has 0 unspecified atom stereocenters. The molecule has 4 rings (SSSR count). The van der Waals surface area contributed by atoms with Gasteiger partial charge in [0.2, 0.25) is 0 Å². The largest absolute Gasteiger partial charge is 0.507 e. The molecule has 0 atom stereocenters. The number of nitrogens with zero attached hydrogens (tertiary/aromatic N) is 2. The molecule has 1 aromatic heterocycles. The van der Waals surface area contributed by atoms with E-state index in [1.54, 1.807) is 24.3 Å². The smallest absolute Gasteiger partial charge is 0.149 e. The van der Waals surface area contributed by atoms with Crippen molar-refractivity contribution < 1.29 is 10.2 Å². The van der Waals surface area contributed by atoms with Crippen LogP contribution in [0.15, 0.2) is 72.8 Å². The van der Waals surface area contributed by atoms with E-state index in [9.17, 15) is 10.2 Å². The Hall–Kier alpha value is -3.27. The molecule has 4 aromatic rings. The molecule has 0 radical (unpaired) electrons. The summed E-state index contributed by atoms with van der Waals surface area (Å²) in [7, 11) is 0. The van der Waals surface area contributed by atoms with E-state index in [2.05, 4.69) is 4.98 Å². The number of benzene rings is 3. The molecule has 4 heteroatoms. The fraction of sp³-hybridized carbons (Fsp3) is 0. The van der Waals surface area contributed by atoms with Gasteiger partial charge in [-0.05, 0) is 36.4 Å². The Labute approximate surface area is 132 Å². The summed E-state index contributed by atoms with van der Waals surface area (Å²) in [5.74, 6) is 0.901. The first-order valence-corrected chi connectivity index (χ1v) is 7.30. The standard InChI is InChI=1S/C19H14N2O2/c22-17-11-5-1-7-13(17)19-20-14-8-2-3-9-15(14)21(19)16-10-4-6-12-18(16)23/h1-12,22-23H. The lowest BCUT2D eigenvalue weighted by Gasteiger charge is -2.11. The van der Waals surface area contributed by atoms with Crippen LogP contribution in [0.1, 0.15) is 0 Å². The van der Waals surface area contributed by atoms with Crippen molar-refractivity contribution in [3.05, 3.63) is 72.8 Å². The van der Waals surface area contributed by atoms with E-state index in [0.717, 1.165) is 11.0 Å². The van der Waals surface area contributed by atoms with Crippen LogP contribution >= 0.6 is 0 Å². The van der Waals surface area contributed by atoms with E-state index in [-0.39, 0.29) is 11.5 Å². The first kappa shape index (κ1) is 13.4. The SMILES string of the molecule is Oc1ccccc1-c1nc2ccccc2n1-c1ccccc1O. The maximum absolute atomic E-state index is 10.3. The van der Waals surface area contributed by atoms with E-state index < -0.39 is 0 Å². The van der Waals surface area contributed by atoms with Crippen molar-refractivity contribution in [1.82, 2.24) is 9.55 Å². The Balaban J connectivity index is 2.12. The molecular formula is C19H14N2O2. The van der Waals surface area contributed by atoms with E-state index in [4.69, 9.17) is 0 Å². The molecule has 2 N–H and O–H groups in total. The zero-order chi connectivity index (χ0) is 15.8. The third kappa shape index (κ3) is 2.12. The summed E-state index contributed by atoms with van der Waals surface area (Å²) >= 11 is 0. The van der Waals surface area contributed by atoms with Crippen LogP contribution in [0.3, 0.4) is 0 Å². The van der Waals surface area contributed by atoms with Gasteiger partial charge in [0.15, 0.2) is 0 Å². The van der Waals surface area contributed by atoms with Gasteiger partial charge in [-0.15, -0.1) is 0 Å². The number of hydrogen-bond acceptors (Lipinski definition) is 3. The van der Waals surface area contributed by atoms with Gasteiger partial charge in [-0.3, -0.25) is 4.57 Å². The molecule has 0 aliphatic heterocycles. The lowest BCUT2D eigenvalue weighted by Crippen LogP contribution is -1.98. The number of phenols is 2. The predicted molar refractivity (Wildman–Crippen MR) is 89.8 cm³/mol. The third-order valence-electron chi connectivity index (χ3n) is 3.83. The highest BCUT2D eigenvalue weighted by atomic mass is 16.3. The van der Waals surface area contributed by atoms with Gasteiger partial charge < -0.3 is 10.2 Å². The minimum Gasteiger partial charge on any atom is -0.507 e. The second-order valence-corrected chi connectivity index (χ2v) is 5.27. The fourth-order valence-electron chi connectivity index (χ4n) is 2.77. The summed E-state index contributed by atoms with van der Waals surface area (Å²) in [6.45, 7) is 0. The first-order valence-electron chi connectivity index (χ1n) is 7.30. The minimum absolute atomic E-state index is 0.152. The van der Waals surface area contributed by atoms with Crippen molar-refractivity contribution in [1.29, 1.82) is 0 Å². The van der Waals surface area contributed by atoms with Crippen molar-refractivity contribution in [3.8, 4) is 28.6 Å². The van der Waals surface area contributed by atoms with E-state index in [1.165, 1.54) is 0 Å². The Kier molecular flexibility index (Phi) is 3.01. The van der Waals surface area contributed by atoms with Crippen LogP contribution in [0.5, 0.6) is 11.5 Å². The summed E-state index contributed by atoms with van der Waals surface area (Å²) in [5, 5.41) is 20.5. The van der Waals surface area contributed by atoms with E-state index in [0.29, 0.717) is 17.1 Å². The number of para-hydroxylation sites is 5. The highest BCUT2D eigenvalue weighted by molar-refractivity contribution is 5.85. The number of hydrogen-bond donors (Lipinski definition) is 2. The molecule has 4 nitrogen and oxygen atoms in total. The number of aromatic nitrogens is 2. The molecule has 0 amide bonds. The number of fused-ring (bicyclic) bond motifs is 1. The van der Waals surface area contributed by atoms with Crippen molar-refractivity contribution in [3.63, 3.8) is 0 Å². The maximum atomic E-state index is 10.3. The highest BCUT2D eigenvalue weighted by Gasteiger charge is 2.17. The number of phenolic OH excluding ortho intramolecular Hbond substituents is 2. The zero-order valence-electron chi connectivity index (χ0n) is 12.2. The highest BCUT2D eigenvalue weighted by Crippen LogP contribution is 2.35. The summed E-state index contributed by atoms with van der Waals surface area (Å²) in [6.07, 6.45) is 0. The molecule has 112 valence electrons. The lowest BCUT2D eigenvalue weighted by atomic mass is 10.2. The second kappa shape index (κ2) is 5.18. The third-order valence-corrected chi connectivity index (χ3v) is 3.83. The molecule has 0 spiro atoms. The molecule has 0 saturated heterocycles. The molecule has 0 aliphatic rings. The lowest BCUT2D eigenvalue weighted by molar-refractivity contribution is 0.471. The summed E-state index contributed by atoms with van der Waals surface area (Å²) < 4.78 is 1.86. The average Bonchev–Trinajstić information content (AvgIpc) is 2.95. The van der Waals surface area contributed by atoms with Gasteiger partial charge in [-0.25, -0.2) is 4.98 Å². The molecule has 0 fully saturated rings. The number of rotatable bonds is 2. The van der Waals surface area contributed by atoms with Crippen molar-refractivity contribution in [2.24, 2.45) is 0 Å². The Bertz CT molecular complexity index is 1010. The first-order chi connectivity index (χ1) is 11.3. The normalized spacial score (nSPS) is 11.0. The van der Waals surface area contributed by atoms with Crippen molar-refractivity contribution >= 4 is 11.0 Å². The van der Waals surface area contributed by atoms with Gasteiger partial charge in [0, 0.05) is 0 Å². The molecule has 0 aliphatic carbocycles. The van der Waals surface area contributed by atoms with Crippen LogP contribution in [0.4, 0.5) is 0 Å². The van der Waals surface area contributed by atoms with Gasteiger partial charge in [0.25, 0.3) is 0 Å². The van der Waals surface area contributed by atoms with Crippen LogP contribution in [0, 0.1) is 0 Å². The number of aromatic hydroxyl groups is 2.